The molecule has 2 aliphatic heterocycles. The SMILES string of the molecule is O=C1ON=C(C(F)(F)F)/C1=C\c1ccc(N2CCCCC2)s1. The first kappa shape index (κ1) is 15.1. The number of hydrogen-bond acceptors (Lipinski definition) is 5. The van der Waals surface area contributed by atoms with E-state index < -0.39 is 23.4 Å². The fourth-order valence-electron chi connectivity index (χ4n) is 2.46. The number of hydrogen-bond donors (Lipinski definition) is 0. The van der Waals surface area contributed by atoms with E-state index in [1.54, 1.807) is 6.07 Å². The fourth-order valence-corrected chi connectivity index (χ4v) is 3.46. The van der Waals surface area contributed by atoms with Crippen LogP contribution >= 0.6 is 11.3 Å². The summed E-state index contributed by atoms with van der Waals surface area (Å²) in [7, 11) is 0. The second-order valence-corrected chi connectivity index (χ2v) is 6.19. The van der Waals surface area contributed by atoms with Crippen molar-refractivity contribution in [1.82, 2.24) is 0 Å². The van der Waals surface area contributed by atoms with Gasteiger partial charge in [-0.2, -0.15) is 13.2 Å². The molecule has 2 aliphatic rings. The molecule has 1 aromatic heterocycles. The van der Waals surface area contributed by atoms with Gasteiger partial charge in [-0.05, 0) is 37.5 Å². The number of piperidine rings is 1. The summed E-state index contributed by atoms with van der Waals surface area (Å²) < 4.78 is 38.3. The molecule has 1 aromatic rings. The van der Waals surface area contributed by atoms with Gasteiger partial charge in [-0.15, -0.1) is 11.3 Å². The van der Waals surface area contributed by atoms with E-state index in [2.05, 4.69) is 14.9 Å². The normalized spacial score (nSPS) is 21.2. The molecule has 0 atom stereocenters. The highest BCUT2D eigenvalue weighted by Gasteiger charge is 2.45. The van der Waals surface area contributed by atoms with Gasteiger partial charge in [0.05, 0.1) is 10.6 Å². The van der Waals surface area contributed by atoms with E-state index in [-0.39, 0.29) is 0 Å². The molecule has 0 N–H and O–H groups in total. The van der Waals surface area contributed by atoms with Crippen LogP contribution in [0.25, 0.3) is 6.08 Å². The summed E-state index contributed by atoms with van der Waals surface area (Å²) in [6.07, 6.45) is -0.0716. The Hall–Kier alpha value is -1.83. The highest BCUT2D eigenvalue weighted by atomic mass is 32.1. The first-order valence-electron chi connectivity index (χ1n) is 6.88. The summed E-state index contributed by atoms with van der Waals surface area (Å²) in [5.74, 6) is -1.07. The Bertz CT molecular complexity index is 643. The molecule has 8 heteroatoms. The maximum absolute atomic E-state index is 12.8. The molecule has 0 bridgehead atoms. The fraction of sp³-hybridized carbons (Fsp3) is 0.429. The molecule has 0 aromatic carbocycles. The summed E-state index contributed by atoms with van der Waals surface area (Å²) in [4.78, 5) is 18.4. The van der Waals surface area contributed by atoms with Crippen LogP contribution in [0.3, 0.4) is 0 Å². The second kappa shape index (κ2) is 5.75. The number of oxime groups is 1. The average molecular weight is 330 g/mol. The van der Waals surface area contributed by atoms with Crippen molar-refractivity contribution in [2.45, 2.75) is 25.4 Å². The minimum atomic E-state index is -4.70. The largest absolute Gasteiger partial charge is 0.437 e. The lowest BCUT2D eigenvalue weighted by Gasteiger charge is -2.27. The Morgan fingerprint density at radius 2 is 1.95 bits per heavy atom. The number of halogens is 3. The van der Waals surface area contributed by atoms with Crippen LogP contribution in [0.15, 0.2) is 22.9 Å². The predicted molar refractivity (Wildman–Crippen MR) is 77.9 cm³/mol. The minimum Gasteiger partial charge on any atom is -0.363 e. The van der Waals surface area contributed by atoms with Crippen LogP contribution in [0, 0.1) is 0 Å². The van der Waals surface area contributed by atoms with E-state index in [0.29, 0.717) is 4.88 Å². The van der Waals surface area contributed by atoms with Crippen molar-refractivity contribution in [2.75, 3.05) is 18.0 Å². The van der Waals surface area contributed by atoms with Crippen molar-refractivity contribution in [2.24, 2.45) is 5.16 Å². The van der Waals surface area contributed by atoms with Crippen molar-refractivity contribution in [3.8, 4) is 0 Å². The Labute approximate surface area is 128 Å². The predicted octanol–water partition coefficient (Wildman–Crippen LogP) is 3.60. The number of anilines is 1. The van der Waals surface area contributed by atoms with E-state index in [0.717, 1.165) is 30.9 Å². The third-order valence-corrected chi connectivity index (χ3v) is 4.62. The summed E-state index contributed by atoms with van der Waals surface area (Å²) in [6, 6.07) is 3.58. The molecule has 0 spiro atoms. The van der Waals surface area contributed by atoms with Crippen LogP contribution in [0.1, 0.15) is 24.1 Å². The van der Waals surface area contributed by atoms with Crippen molar-refractivity contribution in [1.29, 1.82) is 0 Å². The van der Waals surface area contributed by atoms with E-state index in [4.69, 9.17) is 0 Å². The van der Waals surface area contributed by atoms with Gasteiger partial charge in [-0.25, -0.2) is 4.79 Å². The third-order valence-electron chi connectivity index (χ3n) is 3.53. The molecule has 22 heavy (non-hydrogen) atoms. The van der Waals surface area contributed by atoms with Gasteiger partial charge in [-0.3, -0.25) is 0 Å². The van der Waals surface area contributed by atoms with Gasteiger partial charge in [0.1, 0.15) is 0 Å². The Balaban J connectivity index is 1.84. The summed E-state index contributed by atoms with van der Waals surface area (Å²) in [6.45, 7) is 1.90. The molecule has 0 unspecified atom stereocenters. The van der Waals surface area contributed by atoms with Crippen molar-refractivity contribution in [3.05, 3.63) is 22.6 Å². The van der Waals surface area contributed by atoms with Crippen LogP contribution in [-0.2, 0) is 9.63 Å². The van der Waals surface area contributed by atoms with Crippen LogP contribution in [0.5, 0.6) is 0 Å². The maximum atomic E-state index is 12.8. The molecule has 0 aliphatic carbocycles. The first-order valence-corrected chi connectivity index (χ1v) is 7.70. The van der Waals surface area contributed by atoms with E-state index in [1.807, 2.05) is 6.07 Å². The van der Waals surface area contributed by atoms with Gasteiger partial charge in [0.2, 0.25) is 0 Å². The van der Waals surface area contributed by atoms with Gasteiger partial charge >= 0.3 is 12.1 Å². The minimum absolute atomic E-state index is 0.542. The van der Waals surface area contributed by atoms with E-state index in [9.17, 15) is 18.0 Å². The zero-order valence-electron chi connectivity index (χ0n) is 11.5. The van der Waals surface area contributed by atoms with Gasteiger partial charge in [0, 0.05) is 18.0 Å². The van der Waals surface area contributed by atoms with Gasteiger partial charge in [0.15, 0.2) is 5.71 Å². The standard InChI is InChI=1S/C14H13F3N2O2S/c15-14(16,17)12-10(13(20)21-18-12)8-9-4-5-11(22-9)19-6-2-1-3-7-19/h4-5,8H,1-3,6-7H2/b10-8+. The van der Waals surface area contributed by atoms with Crippen LogP contribution in [0.4, 0.5) is 18.2 Å². The number of carbonyl (C=O) groups is 1. The molecule has 4 nitrogen and oxygen atoms in total. The lowest BCUT2D eigenvalue weighted by atomic mass is 10.1. The number of rotatable bonds is 2. The van der Waals surface area contributed by atoms with Gasteiger partial charge < -0.3 is 9.74 Å². The quantitative estimate of drug-likeness (QED) is 0.615. The second-order valence-electron chi connectivity index (χ2n) is 5.10. The smallest absolute Gasteiger partial charge is 0.363 e. The lowest BCUT2D eigenvalue weighted by molar-refractivity contribution is -0.136. The highest BCUT2D eigenvalue weighted by Crippen LogP contribution is 2.33. The molecule has 0 amide bonds. The topological polar surface area (TPSA) is 41.9 Å². The maximum Gasteiger partial charge on any atom is 0.437 e. The van der Waals surface area contributed by atoms with Crippen molar-refractivity contribution in [3.63, 3.8) is 0 Å². The molecular formula is C14H13F3N2O2S. The van der Waals surface area contributed by atoms with Crippen LogP contribution in [-0.4, -0.2) is 30.9 Å². The van der Waals surface area contributed by atoms with E-state index >= 15 is 0 Å². The molecule has 1 saturated heterocycles. The van der Waals surface area contributed by atoms with Gasteiger partial charge in [0.25, 0.3) is 0 Å². The number of thiophene rings is 1. The first-order chi connectivity index (χ1) is 10.4. The monoisotopic (exact) mass is 330 g/mol. The van der Waals surface area contributed by atoms with Gasteiger partial charge in [-0.1, -0.05) is 5.16 Å². The van der Waals surface area contributed by atoms with Crippen molar-refractivity contribution >= 4 is 34.1 Å². The highest BCUT2D eigenvalue weighted by molar-refractivity contribution is 7.17. The zero-order valence-corrected chi connectivity index (χ0v) is 12.3. The Morgan fingerprint density at radius 1 is 1.23 bits per heavy atom. The number of nitrogens with zero attached hydrogens (tertiary/aromatic N) is 2. The summed E-state index contributed by atoms with van der Waals surface area (Å²) >= 11 is 1.36. The Kier molecular flexibility index (Phi) is 3.94. The van der Waals surface area contributed by atoms with Crippen molar-refractivity contribution < 1.29 is 22.8 Å². The van der Waals surface area contributed by atoms with Crippen LogP contribution in [0.2, 0.25) is 0 Å². The summed E-state index contributed by atoms with van der Waals surface area (Å²) in [5, 5.41) is 3.83. The molecular weight excluding hydrogens is 317 g/mol. The molecule has 3 heterocycles. The molecule has 118 valence electrons. The van der Waals surface area contributed by atoms with Crippen LogP contribution < -0.4 is 4.90 Å². The number of carbonyl (C=O) groups excluding carboxylic acids is 1. The Morgan fingerprint density at radius 3 is 2.64 bits per heavy atom. The molecule has 0 saturated carbocycles. The molecule has 0 radical (unpaired) electrons. The zero-order chi connectivity index (χ0) is 15.7. The summed E-state index contributed by atoms with van der Waals surface area (Å²) in [5.41, 5.74) is -1.81. The lowest BCUT2D eigenvalue weighted by Crippen LogP contribution is -2.28. The van der Waals surface area contributed by atoms with E-state index in [1.165, 1.54) is 23.8 Å². The average Bonchev–Trinajstić information content (AvgIpc) is 3.08. The molecule has 3 rings (SSSR count). The number of alkyl halides is 3. The molecule has 1 fully saturated rings. The third kappa shape index (κ3) is 3.01.